The quantitative estimate of drug-likeness (QED) is 0.812. The lowest BCUT2D eigenvalue weighted by Crippen LogP contribution is -2.18. The van der Waals surface area contributed by atoms with E-state index < -0.39 is 9.84 Å². The second-order valence-corrected chi connectivity index (χ2v) is 6.28. The Morgan fingerprint density at radius 3 is 2.71 bits per heavy atom. The van der Waals surface area contributed by atoms with Crippen LogP contribution in [0, 0.1) is 0 Å². The van der Waals surface area contributed by atoms with Crippen molar-refractivity contribution in [2.45, 2.75) is 12.5 Å². The van der Waals surface area contributed by atoms with Gasteiger partial charge in [0.15, 0.2) is 9.84 Å². The molecule has 1 aromatic rings. The molecule has 0 amide bonds. The summed E-state index contributed by atoms with van der Waals surface area (Å²) in [5.41, 5.74) is 6.24. The first-order valence-electron chi connectivity index (χ1n) is 5.31. The third-order valence-electron chi connectivity index (χ3n) is 2.70. The van der Waals surface area contributed by atoms with E-state index >= 15 is 0 Å². The molecule has 0 spiro atoms. The van der Waals surface area contributed by atoms with Crippen molar-refractivity contribution in [3.63, 3.8) is 0 Å². The number of sulfone groups is 1. The standard InChI is InChI=1S/C11H15NO4S/c1-15-8-2-3-11(10(12)6-8)16-9-4-5-17(13,14)7-9/h2-3,6,9H,4-5,7,12H2,1H3. The molecule has 17 heavy (non-hydrogen) atoms. The topological polar surface area (TPSA) is 78.6 Å². The number of hydrogen-bond acceptors (Lipinski definition) is 5. The highest BCUT2D eigenvalue weighted by molar-refractivity contribution is 7.91. The molecule has 2 rings (SSSR count). The van der Waals surface area contributed by atoms with Crippen LogP contribution in [-0.2, 0) is 9.84 Å². The van der Waals surface area contributed by atoms with Gasteiger partial charge in [0.05, 0.1) is 24.3 Å². The molecule has 1 fully saturated rings. The van der Waals surface area contributed by atoms with E-state index in [9.17, 15) is 8.42 Å². The van der Waals surface area contributed by atoms with Crippen LogP contribution in [-0.4, -0.2) is 33.1 Å². The first-order chi connectivity index (χ1) is 8.00. The van der Waals surface area contributed by atoms with E-state index in [2.05, 4.69) is 0 Å². The molecule has 5 nitrogen and oxygen atoms in total. The van der Waals surface area contributed by atoms with Gasteiger partial charge >= 0.3 is 0 Å². The van der Waals surface area contributed by atoms with Crippen molar-refractivity contribution in [2.75, 3.05) is 24.3 Å². The van der Waals surface area contributed by atoms with Crippen molar-refractivity contribution >= 4 is 15.5 Å². The molecule has 6 heteroatoms. The number of anilines is 1. The third-order valence-corrected chi connectivity index (χ3v) is 4.44. The smallest absolute Gasteiger partial charge is 0.154 e. The van der Waals surface area contributed by atoms with Crippen molar-refractivity contribution in [1.29, 1.82) is 0 Å². The summed E-state index contributed by atoms with van der Waals surface area (Å²) in [5, 5.41) is 0. The Hall–Kier alpha value is -1.43. The minimum absolute atomic E-state index is 0.0679. The number of benzene rings is 1. The SMILES string of the molecule is COc1ccc(OC2CCS(=O)(=O)C2)c(N)c1. The van der Waals surface area contributed by atoms with E-state index in [0.717, 1.165) is 0 Å². The van der Waals surface area contributed by atoms with Crippen LogP contribution in [0.2, 0.25) is 0 Å². The van der Waals surface area contributed by atoms with Gasteiger partial charge in [0.25, 0.3) is 0 Å². The van der Waals surface area contributed by atoms with Crippen molar-refractivity contribution in [1.82, 2.24) is 0 Å². The average Bonchev–Trinajstić information content (AvgIpc) is 2.61. The highest BCUT2D eigenvalue weighted by Crippen LogP contribution is 2.29. The maximum Gasteiger partial charge on any atom is 0.154 e. The molecule has 0 aromatic heterocycles. The molecule has 0 bridgehead atoms. The molecule has 1 heterocycles. The van der Waals surface area contributed by atoms with Crippen molar-refractivity contribution < 1.29 is 17.9 Å². The Balaban J connectivity index is 2.09. The maximum atomic E-state index is 11.3. The number of rotatable bonds is 3. The summed E-state index contributed by atoms with van der Waals surface area (Å²) < 4.78 is 33.2. The first-order valence-corrected chi connectivity index (χ1v) is 7.13. The zero-order chi connectivity index (χ0) is 12.5. The van der Waals surface area contributed by atoms with Gasteiger partial charge in [0.2, 0.25) is 0 Å². The second kappa shape index (κ2) is 4.44. The summed E-state index contributed by atoms with van der Waals surface area (Å²) in [6, 6.07) is 5.08. The van der Waals surface area contributed by atoms with Crippen LogP contribution in [0.5, 0.6) is 11.5 Å². The molecule has 0 aliphatic carbocycles. The van der Waals surface area contributed by atoms with Crippen LogP contribution in [0.1, 0.15) is 6.42 Å². The van der Waals surface area contributed by atoms with Crippen LogP contribution < -0.4 is 15.2 Å². The van der Waals surface area contributed by atoms with Crippen LogP contribution in [0.15, 0.2) is 18.2 Å². The van der Waals surface area contributed by atoms with Crippen molar-refractivity contribution in [3.8, 4) is 11.5 Å². The number of ether oxygens (including phenoxy) is 2. The van der Waals surface area contributed by atoms with Gasteiger partial charge in [-0.25, -0.2) is 8.42 Å². The summed E-state index contributed by atoms with van der Waals surface area (Å²) in [6.45, 7) is 0. The van der Waals surface area contributed by atoms with Gasteiger partial charge in [-0.1, -0.05) is 0 Å². The molecule has 1 saturated heterocycles. The fourth-order valence-electron chi connectivity index (χ4n) is 1.79. The lowest BCUT2D eigenvalue weighted by Gasteiger charge is -2.14. The van der Waals surface area contributed by atoms with Gasteiger partial charge in [-0.3, -0.25) is 0 Å². The highest BCUT2D eigenvalue weighted by atomic mass is 32.2. The lowest BCUT2D eigenvalue weighted by molar-refractivity contribution is 0.230. The van der Waals surface area contributed by atoms with E-state index in [1.165, 1.54) is 0 Å². The maximum absolute atomic E-state index is 11.3. The minimum Gasteiger partial charge on any atom is -0.497 e. The predicted octanol–water partition coefficient (Wildman–Crippen LogP) is 0.843. The monoisotopic (exact) mass is 257 g/mol. The van der Waals surface area contributed by atoms with Crippen LogP contribution in [0.4, 0.5) is 5.69 Å². The Morgan fingerprint density at radius 1 is 1.41 bits per heavy atom. The molecule has 1 aliphatic rings. The molecule has 1 atom stereocenters. The Bertz CT molecular complexity index is 512. The van der Waals surface area contributed by atoms with Crippen LogP contribution in [0.3, 0.4) is 0 Å². The molecule has 1 unspecified atom stereocenters. The second-order valence-electron chi connectivity index (χ2n) is 4.05. The van der Waals surface area contributed by atoms with Crippen molar-refractivity contribution in [2.24, 2.45) is 0 Å². The summed E-state index contributed by atoms with van der Waals surface area (Å²) >= 11 is 0. The van der Waals surface area contributed by atoms with Gasteiger partial charge in [-0.05, 0) is 18.6 Å². The summed E-state index contributed by atoms with van der Waals surface area (Å²) in [6.07, 6.45) is 0.226. The van der Waals surface area contributed by atoms with Gasteiger partial charge in [-0.15, -0.1) is 0 Å². The van der Waals surface area contributed by atoms with Gasteiger partial charge in [-0.2, -0.15) is 0 Å². The normalized spacial score (nSPS) is 22.3. The van der Waals surface area contributed by atoms with Gasteiger partial charge < -0.3 is 15.2 Å². The Labute approximate surface area is 100 Å². The molecule has 1 aliphatic heterocycles. The molecule has 2 N–H and O–H groups in total. The Kier molecular flexibility index (Phi) is 3.15. The summed E-state index contributed by atoms with van der Waals surface area (Å²) in [7, 11) is -1.38. The zero-order valence-corrected chi connectivity index (χ0v) is 10.4. The summed E-state index contributed by atoms with van der Waals surface area (Å²) in [4.78, 5) is 0. The highest BCUT2D eigenvalue weighted by Gasteiger charge is 2.29. The van der Waals surface area contributed by atoms with Gasteiger partial charge in [0, 0.05) is 6.07 Å². The number of methoxy groups -OCH3 is 1. The fraction of sp³-hybridized carbons (Fsp3) is 0.455. The van der Waals surface area contributed by atoms with Crippen LogP contribution in [0.25, 0.3) is 0 Å². The molecule has 0 saturated carbocycles. The third kappa shape index (κ3) is 2.82. The van der Waals surface area contributed by atoms with Crippen LogP contribution >= 0.6 is 0 Å². The number of nitrogens with two attached hydrogens (primary N) is 1. The molecule has 0 radical (unpaired) electrons. The average molecular weight is 257 g/mol. The molecule has 1 aromatic carbocycles. The number of nitrogen functional groups attached to an aromatic ring is 1. The Morgan fingerprint density at radius 2 is 2.18 bits per heavy atom. The van der Waals surface area contributed by atoms with E-state index in [-0.39, 0.29) is 17.6 Å². The predicted molar refractivity (Wildman–Crippen MR) is 65.1 cm³/mol. The molecular weight excluding hydrogens is 242 g/mol. The van der Waals surface area contributed by atoms with E-state index in [0.29, 0.717) is 23.6 Å². The molecular formula is C11H15NO4S. The lowest BCUT2D eigenvalue weighted by atomic mass is 10.2. The zero-order valence-electron chi connectivity index (χ0n) is 9.55. The molecule has 94 valence electrons. The van der Waals surface area contributed by atoms with Gasteiger partial charge in [0.1, 0.15) is 17.6 Å². The number of hydrogen-bond donors (Lipinski definition) is 1. The first kappa shape index (κ1) is 12.0. The van der Waals surface area contributed by atoms with E-state index in [1.807, 2.05) is 0 Å². The summed E-state index contributed by atoms with van der Waals surface area (Å²) in [5.74, 6) is 1.41. The van der Waals surface area contributed by atoms with E-state index in [1.54, 1.807) is 25.3 Å². The minimum atomic E-state index is -2.93. The largest absolute Gasteiger partial charge is 0.497 e. The van der Waals surface area contributed by atoms with E-state index in [4.69, 9.17) is 15.2 Å². The fourth-order valence-corrected chi connectivity index (χ4v) is 3.38. The van der Waals surface area contributed by atoms with Crippen molar-refractivity contribution in [3.05, 3.63) is 18.2 Å².